The lowest BCUT2D eigenvalue weighted by Gasteiger charge is -2.08. The Balaban J connectivity index is 1.53. The molecule has 0 unspecified atom stereocenters. The highest BCUT2D eigenvalue weighted by Gasteiger charge is 2.23. The van der Waals surface area contributed by atoms with Crippen molar-refractivity contribution < 1.29 is 13.9 Å². The van der Waals surface area contributed by atoms with Crippen LogP contribution < -0.4 is 9.47 Å². The number of benzene rings is 3. The zero-order valence-corrected chi connectivity index (χ0v) is 19.3. The summed E-state index contributed by atoms with van der Waals surface area (Å²) in [5.74, 6) is 2.79. The summed E-state index contributed by atoms with van der Waals surface area (Å²) in [7, 11) is 3.25. The van der Waals surface area contributed by atoms with E-state index in [1.165, 1.54) is 0 Å². The Morgan fingerprint density at radius 2 is 1.54 bits per heavy atom. The Morgan fingerprint density at radius 3 is 2.26 bits per heavy atom. The summed E-state index contributed by atoms with van der Waals surface area (Å²) >= 11 is 0. The van der Waals surface area contributed by atoms with Crippen molar-refractivity contribution in [3.63, 3.8) is 0 Å². The van der Waals surface area contributed by atoms with E-state index >= 15 is 0 Å². The van der Waals surface area contributed by atoms with Crippen molar-refractivity contribution in [3.8, 4) is 33.9 Å². The molecule has 0 amide bonds. The highest BCUT2D eigenvalue weighted by atomic mass is 16.5. The van der Waals surface area contributed by atoms with Gasteiger partial charge in [-0.2, -0.15) is 0 Å². The van der Waals surface area contributed by atoms with Crippen molar-refractivity contribution in [2.45, 2.75) is 6.42 Å². The molecule has 0 saturated carbocycles. The second-order valence-corrected chi connectivity index (χ2v) is 8.13. The van der Waals surface area contributed by atoms with Crippen LogP contribution in [0.5, 0.6) is 11.5 Å². The monoisotopic (exact) mass is 462 g/mol. The van der Waals surface area contributed by atoms with Crippen LogP contribution in [0.15, 0.2) is 89.6 Å². The first kappa shape index (κ1) is 20.9. The SMILES string of the molecule is COc1ccc(Cc2nc3c4c(-c5ccccc5)c(-c5ccccc5)oc4ncn3n2)cc1OC. The molecule has 3 heterocycles. The summed E-state index contributed by atoms with van der Waals surface area (Å²) < 4.78 is 18.8. The predicted octanol–water partition coefficient (Wildman–Crippen LogP) is 5.81. The molecule has 0 fully saturated rings. The molecule has 7 heteroatoms. The van der Waals surface area contributed by atoms with Crippen LogP contribution >= 0.6 is 0 Å². The zero-order valence-electron chi connectivity index (χ0n) is 19.3. The summed E-state index contributed by atoms with van der Waals surface area (Å²) in [6.07, 6.45) is 2.18. The van der Waals surface area contributed by atoms with Crippen LogP contribution in [0.2, 0.25) is 0 Å². The lowest BCUT2D eigenvalue weighted by atomic mass is 9.99. The molecular formula is C28H22N4O3. The van der Waals surface area contributed by atoms with Crippen LogP contribution in [0.3, 0.4) is 0 Å². The van der Waals surface area contributed by atoms with Crippen LogP contribution in [-0.2, 0) is 6.42 Å². The van der Waals surface area contributed by atoms with Crippen molar-refractivity contribution in [1.29, 1.82) is 0 Å². The third-order valence-corrected chi connectivity index (χ3v) is 5.98. The fourth-order valence-corrected chi connectivity index (χ4v) is 4.36. The molecule has 0 bridgehead atoms. The second kappa shape index (κ2) is 8.61. The van der Waals surface area contributed by atoms with Gasteiger partial charge in [0.15, 0.2) is 23.0 Å². The average Bonchev–Trinajstić information content (AvgIpc) is 3.50. The summed E-state index contributed by atoms with van der Waals surface area (Å²) in [5.41, 5.74) is 5.21. The Bertz CT molecular complexity index is 1640. The first-order valence-corrected chi connectivity index (χ1v) is 11.2. The average molecular weight is 463 g/mol. The molecule has 6 rings (SSSR count). The highest BCUT2D eigenvalue weighted by Crippen LogP contribution is 2.41. The summed E-state index contributed by atoms with van der Waals surface area (Å²) in [4.78, 5) is 9.48. The molecule has 3 aromatic carbocycles. The number of ether oxygens (including phenoxy) is 2. The van der Waals surface area contributed by atoms with Gasteiger partial charge in [-0.05, 0) is 23.3 Å². The summed E-state index contributed by atoms with van der Waals surface area (Å²) in [6.45, 7) is 0. The number of nitrogens with zero attached hydrogens (tertiary/aromatic N) is 4. The molecule has 0 aliphatic rings. The normalized spacial score (nSPS) is 11.3. The molecule has 0 aliphatic heterocycles. The van der Waals surface area contributed by atoms with Gasteiger partial charge in [0.25, 0.3) is 0 Å². The molecule has 3 aromatic heterocycles. The fraction of sp³-hybridized carbons (Fsp3) is 0.107. The smallest absolute Gasteiger partial charge is 0.232 e. The molecule has 0 N–H and O–H groups in total. The van der Waals surface area contributed by atoms with Gasteiger partial charge in [-0.1, -0.05) is 66.7 Å². The van der Waals surface area contributed by atoms with Gasteiger partial charge >= 0.3 is 0 Å². The van der Waals surface area contributed by atoms with Crippen molar-refractivity contribution >= 4 is 16.7 Å². The molecule has 0 radical (unpaired) electrons. The number of furan rings is 1. The van der Waals surface area contributed by atoms with Gasteiger partial charge in [0.05, 0.1) is 19.6 Å². The minimum absolute atomic E-state index is 0.528. The topological polar surface area (TPSA) is 74.7 Å². The lowest BCUT2D eigenvalue weighted by molar-refractivity contribution is 0.354. The third kappa shape index (κ3) is 3.67. The second-order valence-electron chi connectivity index (χ2n) is 8.13. The highest BCUT2D eigenvalue weighted by molar-refractivity contribution is 6.07. The first-order chi connectivity index (χ1) is 17.2. The number of hydrogen-bond acceptors (Lipinski definition) is 6. The Labute approximate surface area is 201 Å². The Morgan fingerprint density at radius 1 is 0.829 bits per heavy atom. The molecular weight excluding hydrogens is 440 g/mol. The fourth-order valence-electron chi connectivity index (χ4n) is 4.36. The van der Waals surface area contributed by atoms with Gasteiger partial charge in [0.2, 0.25) is 5.71 Å². The van der Waals surface area contributed by atoms with Gasteiger partial charge < -0.3 is 13.9 Å². The van der Waals surface area contributed by atoms with Crippen molar-refractivity contribution in [2.75, 3.05) is 14.2 Å². The van der Waals surface area contributed by atoms with Gasteiger partial charge in [0, 0.05) is 17.5 Å². The van der Waals surface area contributed by atoms with Crippen LogP contribution in [0.4, 0.5) is 0 Å². The van der Waals surface area contributed by atoms with Crippen molar-refractivity contribution in [1.82, 2.24) is 19.6 Å². The van der Waals surface area contributed by atoms with E-state index in [-0.39, 0.29) is 0 Å². The molecule has 0 atom stereocenters. The zero-order chi connectivity index (χ0) is 23.8. The Kier molecular flexibility index (Phi) is 5.15. The third-order valence-electron chi connectivity index (χ3n) is 5.98. The Hall–Kier alpha value is -4.65. The molecule has 6 aromatic rings. The van der Waals surface area contributed by atoms with E-state index < -0.39 is 0 Å². The standard InChI is InChI=1S/C28H22N4O3/c1-33-21-14-13-18(15-22(21)34-2)16-23-30-27-25-24(19-9-5-3-6-10-19)26(20-11-7-4-8-12-20)35-28(25)29-17-32(27)31-23/h3-15,17H,16H2,1-2H3. The first-order valence-electron chi connectivity index (χ1n) is 11.2. The number of methoxy groups -OCH3 is 2. The van der Waals surface area contributed by atoms with E-state index in [9.17, 15) is 0 Å². The van der Waals surface area contributed by atoms with E-state index in [4.69, 9.17) is 24.0 Å². The van der Waals surface area contributed by atoms with E-state index in [2.05, 4.69) is 17.1 Å². The lowest BCUT2D eigenvalue weighted by Crippen LogP contribution is -1.95. The molecule has 172 valence electrons. The molecule has 7 nitrogen and oxygen atoms in total. The van der Waals surface area contributed by atoms with E-state index in [1.807, 2.05) is 66.7 Å². The molecule has 0 aliphatic carbocycles. The van der Waals surface area contributed by atoms with Crippen molar-refractivity contribution in [3.05, 3.63) is 96.6 Å². The van der Waals surface area contributed by atoms with Gasteiger partial charge in [0.1, 0.15) is 12.1 Å². The van der Waals surface area contributed by atoms with Crippen LogP contribution in [0.25, 0.3) is 39.2 Å². The quantitative estimate of drug-likeness (QED) is 0.311. The minimum Gasteiger partial charge on any atom is -0.493 e. The number of rotatable bonds is 6. The van der Waals surface area contributed by atoms with Crippen LogP contribution in [0.1, 0.15) is 11.4 Å². The maximum atomic E-state index is 6.31. The number of hydrogen-bond donors (Lipinski definition) is 0. The van der Waals surface area contributed by atoms with E-state index in [0.29, 0.717) is 35.1 Å². The summed E-state index contributed by atoms with van der Waals surface area (Å²) in [5, 5.41) is 5.54. The maximum Gasteiger partial charge on any atom is 0.232 e. The summed E-state index contributed by atoms with van der Waals surface area (Å²) in [6, 6.07) is 26.1. The van der Waals surface area contributed by atoms with Crippen LogP contribution in [0, 0.1) is 0 Å². The maximum absolute atomic E-state index is 6.31. The predicted molar refractivity (Wildman–Crippen MR) is 134 cm³/mol. The van der Waals surface area contributed by atoms with E-state index in [0.717, 1.165) is 33.4 Å². The molecule has 0 spiro atoms. The van der Waals surface area contributed by atoms with Crippen LogP contribution in [-0.4, -0.2) is 33.8 Å². The van der Waals surface area contributed by atoms with Crippen molar-refractivity contribution in [2.24, 2.45) is 0 Å². The van der Waals surface area contributed by atoms with Gasteiger partial charge in [-0.3, -0.25) is 0 Å². The largest absolute Gasteiger partial charge is 0.493 e. The number of fused-ring (bicyclic) bond motifs is 3. The molecule has 0 saturated heterocycles. The van der Waals surface area contributed by atoms with E-state index in [1.54, 1.807) is 25.1 Å². The van der Waals surface area contributed by atoms with Gasteiger partial charge in [-0.25, -0.2) is 14.5 Å². The van der Waals surface area contributed by atoms with Gasteiger partial charge in [-0.15, -0.1) is 5.10 Å². The number of aromatic nitrogens is 4. The minimum atomic E-state index is 0.528. The molecule has 35 heavy (non-hydrogen) atoms.